The molecule has 1 saturated heterocycles. The average Bonchev–Trinajstić information content (AvgIpc) is 3.30. The van der Waals surface area contributed by atoms with E-state index in [1.807, 2.05) is 24.3 Å². The summed E-state index contributed by atoms with van der Waals surface area (Å²) in [6, 6.07) is 12.1. The highest BCUT2D eigenvalue weighted by Crippen LogP contribution is 2.32. The highest BCUT2D eigenvalue weighted by Gasteiger charge is 2.48. The van der Waals surface area contributed by atoms with Crippen molar-refractivity contribution < 1.29 is 28.6 Å². The predicted octanol–water partition coefficient (Wildman–Crippen LogP) is 1.59. The fourth-order valence-corrected chi connectivity index (χ4v) is 3.69. The molecular formula is C22H23N3O6. The standard InChI is InChI=1S/C22H23N3O6/c1-22(10-15-5-3-4-6-16(15)29-2)20(27)25(21(28)24-22)12-19(26)23-11-14-7-8-17-18(9-14)31-13-30-17/h3-9H,10-13H2,1-2H3,(H,23,26)(H,24,28)/t22-/m1/s1. The Kier molecular flexibility index (Phi) is 5.41. The number of methoxy groups -OCH3 is 1. The molecule has 0 saturated carbocycles. The predicted molar refractivity (Wildman–Crippen MR) is 110 cm³/mol. The first kappa shape index (κ1) is 20.5. The quantitative estimate of drug-likeness (QED) is 0.653. The number of benzene rings is 2. The van der Waals surface area contributed by atoms with Crippen molar-refractivity contribution >= 4 is 17.8 Å². The summed E-state index contributed by atoms with van der Waals surface area (Å²) >= 11 is 0. The Balaban J connectivity index is 1.37. The van der Waals surface area contributed by atoms with Gasteiger partial charge < -0.3 is 24.8 Å². The van der Waals surface area contributed by atoms with Crippen LogP contribution in [0.2, 0.25) is 0 Å². The van der Waals surface area contributed by atoms with E-state index in [1.165, 1.54) is 0 Å². The fraction of sp³-hybridized carbons (Fsp3) is 0.318. The largest absolute Gasteiger partial charge is 0.496 e. The number of ether oxygens (including phenoxy) is 3. The molecule has 0 radical (unpaired) electrons. The third kappa shape index (κ3) is 4.11. The third-order valence-corrected chi connectivity index (χ3v) is 5.31. The zero-order chi connectivity index (χ0) is 22.0. The summed E-state index contributed by atoms with van der Waals surface area (Å²) in [4.78, 5) is 38.7. The van der Waals surface area contributed by atoms with Gasteiger partial charge in [-0.2, -0.15) is 0 Å². The second-order valence-electron chi connectivity index (χ2n) is 7.61. The summed E-state index contributed by atoms with van der Waals surface area (Å²) < 4.78 is 15.9. The van der Waals surface area contributed by atoms with Crippen molar-refractivity contribution in [1.29, 1.82) is 0 Å². The van der Waals surface area contributed by atoms with Crippen molar-refractivity contribution in [2.24, 2.45) is 0 Å². The number of imide groups is 1. The van der Waals surface area contributed by atoms with Crippen LogP contribution in [0.4, 0.5) is 4.79 Å². The van der Waals surface area contributed by atoms with Crippen LogP contribution in [0.5, 0.6) is 17.2 Å². The first-order chi connectivity index (χ1) is 14.9. The van der Waals surface area contributed by atoms with E-state index < -0.39 is 23.4 Å². The number of para-hydroxylation sites is 1. The van der Waals surface area contributed by atoms with Crippen molar-refractivity contribution in [3.63, 3.8) is 0 Å². The Bertz CT molecular complexity index is 1040. The number of rotatable bonds is 7. The Hall–Kier alpha value is -3.75. The molecule has 162 valence electrons. The molecular weight excluding hydrogens is 402 g/mol. The Labute approximate surface area is 179 Å². The van der Waals surface area contributed by atoms with Gasteiger partial charge in [-0.15, -0.1) is 0 Å². The lowest BCUT2D eigenvalue weighted by Gasteiger charge is -2.22. The van der Waals surface area contributed by atoms with Gasteiger partial charge in [-0.25, -0.2) is 4.79 Å². The number of carbonyl (C=O) groups is 3. The molecule has 1 fully saturated rings. The number of nitrogens with one attached hydrogen (secondary N) is 2. The number of nitrogens with zero attached hydrogens (tertiary/aromatic N) is 1. The van der Waals surface area contributed by atoms with Crippen LogP contribution in [0, 0.1) is 0 Å². The molecule has 2 aromatic carbocycles. The topological polar surface area (TPSA) is 106 Å². The summed E-state index contributed by atoms with van der Waals surface area (Å²) in [6.45, 7) is 1.68. The molecule has 2 aromatic rings. The summed E-state index contributed by atoms with van der Waals surface area (Å²) in [5.74, 6) is 1.01. The number of urea groups is 1. The molecule has 9 heteroatoms. The van der Waals surface area contributed by atoms with Crippen LogP contribution < -0.4 is 24.8 Å². The smallest absolute Gasteiger partial charge is 0.325 e. The SMILES string of the molecule is COc1ccccc1C[C@@]1(C)NC(=O)N(CC(=O)NCc2ccc3c(c2)OCO3)C1=O. The van der Waals surface area contributed by atoms with Crippen LogP contribution in [0.3, 0.4) is 0 Å². The van der Waals surface area contributed by atoms with Crippen LogP contribution in [-0.4, -0.2) is 48.7 Å². The average molecular weight is 425 g/mol. The Morgan fingerprint density at radius 3 is 2.77 bits per heavy atom. The van der Waals surface area contributed by atoms with Gasteiger partial charge in [-0.05, 0) is 36.2 Å². The molecule has 0 unspecified atom stereocenters. The van der Waals surface area contributed by atoms with E-state index in [-0.39, 0.29) is 26.3 Å². The Morgan fingerprint density at radius 1 is 1.19 bits per heavy atom. The van der Waals surface area contributed by atoms with Crippen molar-refractivity contribution in [3.8, 4) is 17.2 Å². The molecule has 9 nitrogen and oxygen atoms in total. The second kappa shape index (κ2) is 8.17. The van der Waals surface area contributed by atoms with E-state index in [0.717, 1.165) is 16.0 Å². The summed E-state index contributed by atoms with van der Waals surface area (Å²) in [7, 11) is 1.55. The van der Waals surface area contributed by atoms with Crippen LogP contribution >= 0.6 is 0 Å². The highest BCUT2D eigenvalue weighted by atomic mass is 16.7. The molecule has 2 N–H and O–H groups in total. The summed E-state index contributed by atoms with van der Waals surface area (Å²) in [5, 5.41) is 5.43. The van der Waals surface area contributed by atoms with Gasteiger partial charge >= 0.3 is 6.03 Å². The second-order valence-corrected chi connectivity index (χ2v) is 7.61. The zero-order valence-corrected chi connectivity index (χ0v) is 17.3. The third-order valence-electron chi connectivity index (χ3n) is 5.31. The molecule has 31 heavy (non-hydrogen) atoms. The first-order valence-electron chi connectivity index (χ1n) is 9.81. The maximum absolute atomic E-state index is 13.0. The number of fused-ring (bicyclic) bond motifs is 1. The highest BCUT2D eigenvalue weighted by molar-refractivity contribution is 6.09. The van der Waals surface area contributed by atoms with E-state index >= 15 is 0 Å². The summed E-state index contributed by atoms with van der Waals surface area (Å²) in [5.41, 5.74) is 0.439. The van der Waals surface area contributed by atoms with E-state index in [9.17, 15) is 14.4 Å². The molecule has 0 aromatic heterocycles. The minimum absolute atomic E-state index is 0.172. The Morgan fingerprint density at radius 2 is 1.97 bits per heavy atom. The number of amides is 4. The molecule has 2 heterocycles. The van der Waals surface area contributed by atoms with Gasteiger partial charge in [0.1, 0.15) is 17.8 Å². The monoisotopic (exact) mass is 425 g/mol. The molecule has 0 spiro atoms. The number of carbonyl (C=O) groups excluding carboxylic acids is 3. The molecule has 1 atom stereocenters. The first-order valence-corrected chi connectivity index (χ1v) is 9.81. The molecule has 0 aliphatic carbocycles. The maximum Gasteiger partial charge on any atom is 0.325 e. The van der Waals surface area contributed by atoms with E-state index in [2.05, 4.69) is 10.6 Å². The van der Waals surface area contributed by atoms with Gasteiger partial charge in [0.05, 0.1) is 7.11 Å². The number of hydrogen-bond acceptors (Lipinski definition) is 6. The lowest BCUT2D eigenvalue weighted by Crippen LogP contribution is -2.46. The van der Waals surface area contributed by atoms with Crippen LogP contribution in [0.15, 0.2) is 42.5 Å². The minimum atomic E-state index is -1.16. The van der Waals surface area contributed by atoms with E-state index in [0.29, 0.717) is 17.2 Å². The van der Waals surface area contributed by atoms with Gasteiger partial charge in [-0.1, -0.05) is 24.3 Å². The lowest BCUT2D eigenvalue weighted by atomic mass is 9.92. The van der Waals surface area contributed by atoms with Gasteiger partial charge in [0.2, 0.25) is 12.7 Å². The molecule has 4 rings (SSSR count). The molecule has 4 amide bonds. The van der Waals surface area contributed by atoms with Crippen molar-refractivity contribution in [2.45, 2.75) is 25.4 Å². The van der Waals surface area contributed by atoms with Crippen LogP contribution in [0.1, 0.15) is 18.1 Å². The van der Waals surface area contributed by atoms with Crippen molar-refractivity contribution in [3.05, 3.63) is 53.6 Å². The van der Waals surface area contributed by atoms with Crippen molar-refractivity contribution in [1.82, 2.24) is 15.5 Å². The van der Waals surface area contributed by atoms with Gasteiger partial charge in [-0.3, -0.25) is 14.5 Å². The lowest BCUT2D eigenvalue weighted by molar-refractivity contribution is -0.134. The van der Waals surface area contributed by atoms with Crippen LogP contribution in [0.25, 0.3) is 0 Å². The molecule has 2 aliphatic heterocycles. The van der Waals surface area contributed by atoms with E-state index in [1.54, 1.807) is 32.2 Å². The van der Waals surface area contributed by atoms with Crippen molar-refractivity contribution in [2.75, 3.05) is 20.4 Å². The van der Waals surface area contributed by atoms with E-state index in [4.69, 9.17) is 14.2 Å². The maximum atomic E-state index is 13.0. The summed E-state index contributed by atoms with van der Waals surface area (Å²) in [6.07, 6.45) is 0.247. The van der Waals surface area contributed by atoms with Gasteiger partial charge in [0, 0.05) is 13.0 Å². The molecule has 0 bridgehead atoms. The van der Waals surface area contributed by atoms with Gasteiger partial charge in [0.15, 0.2) is 11.5 Å². The molecule has 2 aliphatic rings. The minimum Gasteiger partial charge on any atom is -0.496 e. The normalized spacial score (nSPS) is 19.4. The zero-order valence-electron chi connectivity index (χ0n) is 17.3. The fourth-order valence-electron chi connectivity index (χ4n) is 3.69. The van der Waals surface area contributed by atoms with Crippen LogP contribution in [-0.2, 0) is 22.6 Å². The van der Waals surface area contributed by atoms with Gasteiger partial charge in [0.25, 0.3) is 5.91 Å². The number of hydrogen-bond donors (Lipinski definition) is 2.